The van der Waals surface area contributed by atoms with Crippen LogP contribution in [0.5, 0.6) is 0 Å². The van der Waals surface area contributed by atoms with Crippen LogP contribution in [0.3, 0.4) is 0 Å². The highest BCUT2D eigenvalue weighted by atomic mass is 35.5. The molecule has 2 aromatic carbocycles. The topological polar surface area (TPSA) is 69.7 Å². The summed E-state index contributed by atoms with van der Waals surface area (Å²) in [6.07, 6.45) is 0. The zero-order valence-corrected chi connectivity index (χ0v) is 17.9. The lowest BCUT2D eigenvalue weighted by molar-refractivity contribution is -0.139. The number of hydrogen-bond donors (Lipinski definition) is 1. The summed E-state index contributed by atoms with van der Waals surface area (Å²) in [4.78, 5) is 40.7. The van der Waals surface area contributed by atoms with Crippen molar-refractivity contribution in [1.82, 2.24) is 15.1 Å². The number of amides is 4. The predicted octanol–water partition coefficient (Wildman–Crippen LogP) is 3.95. The van der Waals surface area contributed by atoms with E-state index in [4.69, 9.17) is 23.2 Å². The molecule has 4 amide bonds. The van der Waals surface area contributed by atoms with Crippen molar-refractivity contribution in [3.63, 3.8) is 0 Å². The number of nitrogens with zero attached hydrogens (tertiary/aromatic N) is 2. The lowest BCUT2D eigenvalue weighted by Gasteiger charge is -2.25. The summed E-state index contributed by atoms with van der Waals surface area (Å²) >= 11 is 12.1. The van der Waals surface area contributed by atoms with Gasteiger partial charge in [-0.25, -0.2) is 9.18 Å². The van der Waals surface area contributed by atoms with Crippen molar-refractivity contribution in [2.75, 3.05) is 13.1 Å². The van der Waals surface area contributed by atoms with E-state index in [9.17, 15) is 18.8 Å². The molecule has 2 aromatic rings. The van der Waals surface area contributed by atoms with E-state index in [1.54, 1.807) is 31.2 Å². The highest BCUT2D eigenvalue weighted by molar-refractivity contribution is 6.35. The van der Waals surface area contributed by atoms with Gasteiger partial charge in [-0.2, -0.15) is 0 Å². The summed E-state index contributed by atoms with van der Waals surface area (Å²) in [5, 5.41) is 3.24. The molecule has 1 aliphatic heterocycles. The minimum atomic E-state index is -1.42. The number of rotatable bonds is 6. The summed E-state index contributed by atoms with van der Waals surface area (Å²) < 4.78 is 13.4. The van der Waals surface area contributed by atoms with E-state index in [1.807, 2.05) is 0 Å². The Morgan fingerprint density at radius 3 is 2.57 bits per heavy atom. The molecule has 0 aliphatic carbocycles. The van der Waals surface area contributed by atoms with Crippen molar-refractivity contribution >= 4 is 41.0 Å². The number of halogens is 3. The number of urea groups is 1. The van der Waals surface area contributed by atoms with Gasteiger partial charge in [0.1, 0.15) is 17.9 Å². The van der Waals surface area contributed by atoms with Crippen LogP contribution in [0.15, 0.2) is 42.5 Å². The number of carbonyl (C=O) groups is 3. The smallest absolute Gasteiger partial charge is 0.325 e. The average molecular weight is 452 g/mol. The van der Waals surface area contributed by atoms with Crippen LogP contribution in [0.1, 0.15) is 25.0 Å². The molecule has 3 rings (SSSR count). The normalized spacial score (nSPS) is 18.5. The molecule has 0 radical (unpaired) electrons. The maximum absolute atomic E-state index is 13.4. The van der Waals surface area contributed by atoms with Gasteiger partial charge in [0.2, 0.25) is 5.91 Å². The van der Waals surface area contributed by atoms with Crippen LogP contribution in [0.4, 0.5) is 9.18 Å². The van der Waals surface area contributed by atoms with Gasteiger partial charge in [0.05, 0.1) is 0 Å². The van der Waals surface area contributed by atoms with E-state index >= 15 is 0 Å². The molecule has 1 saturated heterocycles. The fraction of sp³-hybridized carbons (Fsp3) is 0.286. The largest absolute Gasteiger partial charge is 0.337 e. The van der Waals surface area contributed by atoms with Crippen molar-refractivity contribution < 1.29 is 18.8 Å². The van der Waals surface area contributed by atoms with Crippen LogP contribution < -0.4 is 5.32 Å². The number of likely N-dealkylation sites (N-methyl/N-ethyl adjacent to an activating group) is 1. The summed E-state index contributed by atoms with van der Waals surface area (Å²) in [5.41, 5.74) is -0.423. The number of nitrogens with one attached hydrogen (secondary N) is 1. The molecule has 1 atom stereocenters. The second-order valence-electron chi connectivity index (χ2n) is 7.11. The molecule has 9 heteroatoms. The number of imide groups is 1. The minimum absolute atomic E-state index is 0.164. The molecule has 6 nitrogen and oxygen atoms in total. The molecule has 1 aliphatic rings. The van der Waals surface area contributed by atoms with Crippen molar-refractivity contribution in [1.29, 1.82) is 0 Å². The van der Waals surface area contributed by atoms with E-state index in [-0.39, 0.29) is 11.6 Å². The molecular formula is C21H20Cl2FN3O3. The van der Waals surface area contributed by atoms with Crippen LogP contribution in [-0.2, 0) is 21.7 Å². The molecule has 1 fully saturated rings. The first kappa shape index (κ1) is 22.1. The van der Waals surface area contributed by atoms with Gasteiger partial charge in [0, 0.05) is 28.7 Å². The highest BCUT2D eigenvalue weighted by Crippen LogP contribution is 2.35. The first-order valence-corrected chi connectivity index (χ1v) is 10.0. The summed E-state index contributed by atoms with van der Waals surface area (Å²) in [7, 11) is 0. The molecule has 0 bridgehead atoms. The van der Waals surface area contributed by atoms with E-state index in [2.05, 4.69) is 5.32 Å². The SMILES string of the molecule is CCN(Cc1cccc(F)c1)C(=O)CN1C(=O)NC(C)(c2ccc(Cl)cc2Cl)C1=O. The quantitative estimate of drug-likeness (QED) is 0.675. The van der Waals surface area contributed by atoms with Crippen molar-refractivity contribution in [3.8, 4) is 0 Å². The number of benzene rings is 2. The third-order valence-electron chi connectivity index (χ3n) is 5.04. The van der Waals surface area contributed by atoms with Crippen molar-refractivity contribution in [2.24, 2.45) is 0 Å². The number of hydrogen-bond acceptors (Lipinski definition) is 3. The average Bonchev–Trinajstić information content (AvgIpc) is 2.89. The Hall–Kier alpha value is -2.64. The Kier molecular flexibility index (Phi) is 6.33. The summed E-state index contributed by atoms with van der Waals surface area (Å²) in [6, 6.07) is 9.84. The van der Waals surface area contributed by atoms with Crippen LogP contribution in [0.25, 0.3) is 0 Å². The Balaban J connectivity index is 1.78. The van der Waals surface area contributed by atoms with Gasteiger partial charge in [0.25, 0.3) is 5.91 Å². The standard InChI is InChI=1S/C21H20Cl2FN3O3/c1-3-26(11-13-5-4-6-15(24)9-13)18(28)12-27-19(29)21(2,25-20(27)30)16-8-7-14(22)10-17(16)23/h4-10H,3,11-12H2,1-2H3,(H,25,30). The second kappa shape index (κ2) is 8.62. The van der Waals surface area contributed by atoms with Crippen molar-refractivity contribution in [2.45, 2.75) is 25.9 Å². The van der Waals surface area contributed by atoms with Gasteiger partial charge in [0.15, 0.2) is 0 Å². The Morgan fingerprint density at radius 2 is 1.93 bits per heavy atom. The van der Waals surface area contributed by atoms with Crippen LogP contribution in [0, 0.1) is 5.82 Å². The molecular weight excluding hydrogens is 432 g/mol. The van der Waals surface area contributed by atoms with Crippen LogP contribution in [0.2, 0.25) is 10.0 Å². The third-order valence-corrected chi connectivity index (χ3v) is 5.58. The predicted molar refractivity (Wildman–Crippen MR) is 112 cm³/mol. The minimum Gasteiger partial charge on any atom is -0.337 e. The van der Waals surface area contributed by atoms with Gasteiger partial charge in [-0.1, -0.05) is 41.4 Å². The maximum atomic E-state index is 13.4. The molecule has 158 valence electrons. The lowest BCUT2D eigenvalue weighted by Crippen LogP contribution is -2.44. The van der Waals surface area contributed by atoms with Gasteiger partial charge < -0.3 is 10.2 Å². The van der Waals surface area contributed by atoms with E-state index in [0.29, 0.717) is 22.7 Å². The Labute approximate surface area is 183 Å². The molecule has 0 aromatic heterocycles. The Bertz CT molecular complexity index is 1020. The Morgan fingerprint density at radius 1 is 1.20 bits per heavy atom. The van der Waals surface area contributed by atoms with E-state index < -0.39 is 35.7 Å². The molecule has 30 heavy (non-hydrogen) atoms. The highest BCUT2D eigenvalue weighted by Gasteiger charge is 2.50. The molecule has 0 saturated carbocycles. The first-order valence-electron chi connectivity index (χ1n) is 9.27. The molecule has 1 heterocycles. The van der Waals surface area contributed by atoms with Gasteiger partial charge in [-0.15, -0.1) is 0 Å². The summed E-state index contributed by atoms with van der Waals surface area (Å²) in [6.45, 7) is 3.35. The zero-order valence-electron chi connectivity index (χ0n) is 16.4. The zero-order chi connectivity index (χ0) is 22.1. The molecule has 0 spiro atoms. The van der Waals surface area contributed by atoms with Crippen molar-refractivity contribution in [3.05, 3.63) is 69.5 Å². The fourth-order valence-electron chi connectivity index (χ4n) is 3.39. The second-order valence-corrected chi connectivity index (χ2v) is 7.95. The number of carbonyl (C=O) groups excluding carboxylic acids is 3. The molecule has 1 unspecified atom stereocenters. The van der Waals surface area contributed by atoms with Crippen LogP contribution >= 0.6 is 23.2 Å². The van der Waals surface area contributed by atoms with Gasteiger partial charge >= 0.3 is 6.03 Å². The van der Waals surface area contributed by atoms with E-state index in [1.165, 1.54) is 30.0 Å². The molecule has 1 N–H and O–H groups in total. The van der Waals surface area contributed by atoms with Gasteiger partial charge in [-0.05, 0) is 43.7 Å². The van der Waals surface area contributed by atoms with Crippen LogP contribution in [-0.4, -0.2) is 40.7 Å². The monoisotopic (exact) mass is 451 g/mol. The first-order chi connectivity index (χ1) is 14.2. The third kappa shape index (κ3) is 4.27. The lowest BCUT2D eigenvalue weighted by atomic mass is 9.92. The fourth-order valence-corrected chi connectivity index (χ4v) is 3.98. The van der Waals surface area contributed by atoms with E-state index in [0.717, 1.165) is 4.90 Å². The maximum Gasteiger partial charge on any atom is 0.325 e. The van der Waals surface area contributed by atoms with Gasteiger partial charge in [-0.3, -0.25) is 14.5 Å². The summed E-state index contributed by atoms with van der Waals surface area (Å²) in [5.74, 6) is -1.43.